The second-order valence-corrected chi connectivity index (χ2v) is 6.96. The van der Waals surface area contributed by atoms with E-state index in [0.29, 0.717) is 29.4 Å². The Morgan fingerprint density at radius 3 is 2.67 bits per heavy atom. The number of aromatic nitrogens is 1. The maximum atomic E-state index is 12.3. The van der Waals surface area contributed by atoms with Crippen LogP contribution in [0.2, 0.25) is 0 Å². The molecule has 0 spiro atoms. The lowest BCUT2D eigenvalue weighted by atomic mass is 10.1. The Morgan fingerprint density at radius 1 is 1.03 bits per heavy atom. The summed E-state index contributed by atoms with van der Waals surface area (Å²) < 4.78 is 16.4. The molecule has 2 aromatic carbocycles. The van der Waals surface area contributed by atoms with Gasteiger partial charge in [-0.15, -0.1) is 0 Å². The fraction of sp³-hybridized carbons (Fsp3) is 0.208. The molecule has 2 heterocycles. The van der Waals surface area contributed by atoms with E-state index < -0.39 is 11.6 Å². The molecular formula is C24H21NO5. The topological polar surface area (TPSA) is 82.5 Å². The molecule has 0 saturated carbocycles. The van der Waals surface area contributed by atoms with Gasteiger partial charge in [0.05, 0.1) is 12.6 Å². The molecule has 2 aromatic heterocycles. The number of nitrogens with zero attached hydrogens (tertiary/aromatic N) is 1. The molecule has 152 valence electrons. The second-order valence-electron chi connectivity index (χ2n) is 6.96. The Kier molecular flexibility index (Phi) is 5.75. The van der Waals surface area contributed by atoms with Gasteiger partial charge in [-0.25, -0.2) is 9.78 Å². The number of oxazole rings is 1. The lowest BCUT2D eigenvalue weighted by Gasteiger charge is -2.07. The number of fused-ring (bicyclic) bond motifs is 1. The number of carbonyl (C=O) groups excluding carboxylic acids is 1. The maximum absolute atomic E-state index is 12.3. The molecule has 0 N–H and O–H groups in total. The van der Waals surface area contributed by atoms with Gasteiger partial charge in [-0.3, -0.25) is 4.79 Å². The van der Waals surface area contributed by atoms with Gasteiger partial charge in [0.15, 0.2) is 11.7 Å². The third-order valence-corrected chi connectivity index (χ3v) is 4.71. The smallest absolute Gasteiger partial charge is 0.336 e. The fourth-order valence-corrected chi connectivity index (χ4v) is 3.30. The third-order valence-electron chi connectivity index (χ3n) is 4.71. The van der Waals surface area contributed by atoms with Crippen LogP contribution < -0.4 is 10.4 Å². The van der Waals surface area contributed by atoms with E-state index in [-0.39, 0.29) is 6.42 Å². The number of hydrogen-bond donors (Lipinski definition) is 0. The van der Waals surface area contributed by atoms with Crippen molar-refractivity contribution in [2.45, 2.75) is 32.6 Å². The zero-order chi connectivity index (χ0) is 20.9. The summed E-state index contributed by atoms with van der Waals surface area (Å²) in [7, 11) is 0. The summed E-state index contributed by atoms with van der Waals surface area (Å²) in [4.78, 5) is 28.3. The average Bonchev–Trinajstić information content (AvgIpc) is 3.22. The molecule has 0 saturated heterocycles. The van der Waals surface area contributed by atoms with Crippen LogP contribution >= 0.6 is 0 Å². The van der Waals surface area contributed by atoms with Crippen LogP contribution in [0, 0.1) is 0 Å². The number of rotatable bonds is 7. The van der Waals surface area contributed by atoms with Crippen LogP contribution in [0.1, 0.15) is 31.2 Å². The van der Waals surface area contributed by atoms with Gasteiger partial charge in [0.2, 0.25) is 0 Å². The molecular weight excluding hydrogens is 382 g/mol. The Balaban J connectivity index is 1.41. The van der Waals surface area contributed by atoms with Gasteiger partial charge >= 0.3 is 11.6 Å². The lowest BCUT2D eigenvalue weighted by Crippen LogP contribution is -2.09. The molecule has 0 atom stereocenters. The van der Waals surface area contributed by atoms with Crippen LogP contribution in [0.5, 0.6) is 5.75 Å². The van der Waals surface area contributed by atoms with Gasteiger partial charge in [-0.2, -0.15) is 0 Å². The van der Waals surface area contributed by atoms with Crippen LogP contribution in [0.15, 0.2) is 74.4 Å². The van der Waals surface area contributed by atoms with Gasteiger partial charge in [0.25, 0.3) is 0 Å². The highest BCUT2D eigenvalue weighted by molar-refractivity contribution is 5.82. The van der Waals surface area contributed by atoms with Crippen LogP contribution in [0.25, 0.3) is 22.3 Å². The molecule has 30 heavy (non-hydrogen) atoms. The quantitative estimate of drug-likeness (QED) is 0.247. The van der Waals surface area contributed by atoms with Crippen LogP contribution in [-0.4, -0.2) is 11.0 Å². The van der Waals surface area contributed by atoms with Crippen molar-refractivity contribution in [1.82, 2.24) is 4.98 Å². The number of aryl methyl sites for hydroxylation is 2. The molecule has 6 heteroatoms. The number of carbonyl (C=O) groups is 1. The van der Waals surface area contributed by atoms with Gasteiger partial charge < -0.3 is 13.6 Å². The summed E-state index contributed by atoms with van der Waals surface area (Å²) >= 11 is 0. The molecule has 0 aliphatic heterocycles. The largest absolute Gasteiger partial charge is 0.441 e. The minimum atomic E-state index is -0.416. The van der Waals surface area contributed by atoms with E-state index in [9.17, 15) is 9.59 Å². The van der Waals surface area contributed by atoms with Crippen LogP contribution in [0.3, 0.4) is 0 Å². The summed E-state index contributed by atoms with van der Waals surface area (Å²) in [5.41, 5.74) is 1.86. The normalized spacial score (nSPS) is 11.0. The van der Waals surface area contributed by atoms with E-state index in [4.69, 9.17) is 13.6 Å². The number of hydrogen-bond acceptors (Lipinski definition) is 6. The lowest BCUT2D eigenvalue weighted by molar-refractivity contribution is -0.134. The first-order valence-electron chi connectivity index (χ1n) is 9.90. The Labute approximate surface area is 173 Å². The predicted octanol–water partition coefficient (Wildman–Crippen LogP) is 4.94. The highest BCUT2D eigenvalue weighted by Crippen LogP contribution is 2.24. The third kappa shape index (κ3) is 4.49. The summed E-state index contributed by atoms with van der Waals surface area (Å²) in [6, 6.07) is 16.2. The molecule has 4 aromatic rings. The number of esters is 1. The zero-order valence-corrected chi connectivity index (χ0v) is 16.6. The molecule has 0 radical (unpaired) electrons. The molecule has 0 fully saturated rings. The van der Waals surface area contributed by atoms with E-state index >= 15 is 0 Å². The number of ether oxygens (including phenoxy) is 1. The van der Waals surface area contributed by atoms with Gasteiger partial charge in [0, 0.05) is 29.5 Å². The molecule has 6 nitrogen and oxygen atoms in total. The first-order chi connectivity index (χ1) is 14.6. The second kappa shape index (κ2) is 8.78. The van der Waals surface area contributed by atoms with Crippen molar-refractivity contribution in [2.24, 2.45) is 0 Å². The minimum absolute atomic E-state index is 0.118. The maximum Gasteiger partial charge on any atom is 0.336 e. The van der Waals surface area contributed by atoms with E-state index in [1.807, 2.05) is 43.3 Å². The average molecular weight is 403 g/mol. The first kappa shape index (κ1) is 19.6. The first-order valence-corrected chi connectivity index (χ1v) is 9.90. The molecule has 0 amide bonds. The zero-order valence-electron chi connectivity index (χ0n) is 16.6. The monoisotopic (exact) mass is 403 g/mol. The van der Waals surface area contributed by atoms with E-state index in [2.05, 4.69) is 4.98 Å². The Hall–Kier alpha value is -3.67. The minimum Gasteiger partial charge on any atom is -0.441 e. The van der Waals surface area contributed by atoms with Crippen molar-refractivity contribution in [3.63, 3.8) is 0 Å². The van der Waals surface area contributed by atoms with Crippen molar-refractivity contribution in [1.29, 1.82) is 0 Å². The summed E-state index contributed by atoms with van der Waals surface area (Å²) in [6.07, 6.45) is 3.79. The molecule has 0 bridgehead atoms. The summed E-state index contributed by atoms with van der Waals surface area (Å²) in [5, 5.41) is 0.851. The Morgan fingerprint density at radius 2 is 1.87 bits per heavy atom. The molecule has 4 rings (SSSR count). The standard InChI is InChI=1S/C24H21NO5/c1-2-6-17-13-24(27)30-20-14-18(9-10-19(17)20)28-23(26)12-11-22-25-15-21(29-22)16-7-4-3-5-8-16/h3-5,7-10,13-15H,2,6,11-12H2,1H3. The highest BCUT2D eigenvalue weighted by atomic mass is 16.5. The Bertz CT molecular complexity index is 1220. The van der Waals surface area contributed by atoms with E-state index in [1.165, 1.54) is 6.07 Å². The molecule has 0 aliphatic carbocycles. The van der Waals surface area contributed by atoms with Crippen molar-refractivity contribution in [3.8, 4) is 17.1 Å². The van der Waals surface area contributed by atoms with E-state index in [1.54, 1.807) is 18.3 Å². The van der Waals surface area contributed by atoms with Crippen LogP contribution in [-0.2, 0) is 17.6 Å². The van der Waals surface area contributed by atoms with Gasteiger partial charge in [0.1, 0.15) is 11.3 Å². The molecule has 0 aliphatic rings. The van der Waals surface area contributed by atoms with Gasteiger partial charge in [-0.05, 0) is 24.1 Å². The van der Waals surface area contributed by atoms with E-state index in [0.717, 1.165) is 29.4 Å². The fourth-order valence-electron chi connectivity index (χ4n) is 3.30. The number of benzene rings is 2. The van der Waals surface area contributed by atoms with Crippen molar-refractivity contribution in [3.05, 3.63) is 82.7 Å². The molecule has 0 unspecified atom stereocenters. The van der Waals surface area contributed by atoms with Gasteiger partial charge in [-0.1, -0.05) is 43.7 Å². The van der Waals surface area contributed by atoms with Crippen molar-refractivity contribution < 1.29 is 18.4 Å². The summed E-state index contributed by atoms with van der Waals surface area (Å²) in [6.45, 7) is 2.05. The summed E-state index contributed by atoms with van der Waals surface area (Å²) in [5.74, 6) is 1.05. The predicted molar refractivity (Wildman–Crippen MR) is 112 cm³/mol. The van der Waals surface area contributed by atoms with Crippen molar-refractivity contribution >= 4 is 16.9 Å². The SMILES string of the molecule is CCCc1cc(=O)oc2cc(OC(=O)CCc3ncc(-c4ccccc4)o3)ccc12. The highest BCUT2D eigenvalue weighted by Gasteiger charge is 2.12. The van der Waals surface area contributed by atoms with Crippen LogP contribution in [0.4, 0.5) is 0 Å². The van der Waals surface area contributed by atoms with Crippen molar-refractivity contribution in [2.75, 3.05) is 0 Å².